The zero-order valence-corrected chi connectivity index (χ0v) is 11.9. The summed E-state index contributed by atoms with van der Waals surface area (Å²) in [6.45, 7) is 10.9. The second kappa shape index (κ2) is 6.19. The molecule has 0 bridgehead atoms. The predicted octanol–water partition coefficient (Wildman–Crippen LogP) is 2.89. The van der Waals surface area contributed by atoms with Crippen LogP contribution >= 0.6 is 0 Å². The quantitative estimate of drug-likeness (QED) is 0.755. The first-order valence-corrected chi connectivity index (χ1v) is 7.62. The van der Waals surface area contributed by atoms with E-state index in [0.29, 0.717) is 6.04 Å². The van der Waals surface area contributed by atoms with Crippen LogP contribution in [0.2, 0.25) is 0 Å². The first-order chi connectivity index (χ1) is 8.15. The first kappa shape index (κ1) is 13.4. The molecule has 1 aliphatic heterocycles. The standard InChI is InChI=1S/C15H30N2/c1-12-4-6-15(7-5-12)17-9-8-14(3)16-10-13(2)11-17/h12-16H,4-11H2,1-3H3. The monoisotopic (exact) mass is 238 g/mol. The van der Waals surface area contributed by atoms with Crippen molar-refractivity contribution in [1.29, 1.82) is 0 Å². The average molecular weight is 238 g/mol. The summed E-state index contributed by atoms with van der Waals surface area (Å²) < 4.78 is 0. The van der Waals surface area contributed by atoms with E-state index in [2.05, 4.69) is 31.0 Å². The molecular formula is C15H30N2. The highest BCUT2D eigenvalue weighted by Gasteiger charge is 2.26. The second-order valence-corrected chi connectivity index (χ2v) is 6.61. The fourth-order valence-electron chi connectivity index (χ4n) is 3.36. The van der Waals surface area contributed by atoms with Gasteiger partial charge in [-0.1, -0.05) is 13.8 Å². The van der Waals surface area contributed by atoms with Crippen LogP contribution in [-0.2, 0) is 0 Å². The molecule has 2 heteroatoms. The Balaban J connectivity index is 1.88. The molecule has 0 amide bonds. The van der Waals surface area contributed by atoms with Crippen molar-refractivity contribution < 1.29 is 0 Å². The lowest BCUT2D eigenvalue weighted by Crippen LogP contribution is -2.47. The zero-order valence-electron chi connectivity index (χ0n) is 11.9. The third-order valence-electron chi connectivity index (χ3n) is 4.71. The Kier molecular flexibility index (Phi) is 4.87. The van der Waals surface area contributed by atoms with Crippen LogP contribution in [-0.4, -0.2) is 36.6 Å². The van der Waals surface area contributed by atoms with Gasteiger partial charge in [-0.05, 0) is 64.0 Å². The van der Waals surface area contributed by atoms with E-state index in [4.69, 9.17) is 0 Å². The third-order valence-corrected chi connectivity index (χ3v) is 4.71. The van der Waals surface area contributed by atoms with Gasteiger partial charge in [0, 0.05) is 18.6 Å². The Hall–Kier alpha value is -0.0800. The van der Waals surface area contributed by atoms with E-state index in [0.717, 1.165) is 17.9 Å². The molecule has 0 aromatic heterocycles. The van der Waals surface area contributed by atoms with Crippen LogP contribution < -0.4 is 5.32 Å². The minimum Gasteiger partial charge on any atom is -0.314 e. The van der Waals surface area contributed by atoms with E-state index in [1.165, 1.54) is 51.7 Å². The molecule has 17 heavy (non-hydrogen) atoms. The van der Waals surface area contributed by atoms with Gasteiger partial charge in [0.2, 0.25) is 0 Å². The van der Waals surface area contributed by atoms with Gasteiger partial charge in [-0.15, -0.1) is 0 Å². The second-order valence-electron chi connectivity index (χ2n) is 6.61. The highest BCUT2D eigenvalue weighted by atomic mass is 15.2. The maximum atomic E-state index is 3.64. The van der Waals surface area contributed by atoms with Crippen LogP contribution in [0.5, 0.6) is 0 Å². The average Bonchev–Trinajstić information content (AvgIpc) is 2.31. The minimum atomic E-state index is 0.697. The number of nitrogens with one attached hydrogen (secondary N) is 1. The molecule has 0 radical (unpaired) electrons. The van der Waals surface area contributed by atoms with Crippen molar-refractivity contribution in [2.24, 2.45) is 11.8 Å². The van der Waals surface area contributed by atoms with Crippen molar-refractivity contribution in [3.05, 3.63) is 0 Å². The third kappa shape index (κ3) is 3.96. The summed E-state index contributed by atoms with van der Waals surface area (Å²) in [5, 5.41) is 3.64. The lowest BCUT2D eigenvalue weighted by Gasteiger charge is -2.39. The molecule has 0 aromatic carbocycles. The lowest BCUT2D eigenvalue weighted by molar-refractivity contribution is 0.108. The normalized spacial score (nSPS) is 41.8. The van der Waals surface area contributed by atoms with Crippen molar-refractivity contribution >= 4 is 0 Å². The molecule has 2 rings (SSSR count). The van der Waals surface area contributed by atoms with Crippen molar-refractivity contribution in [3.8, 4) is 0 Å². The molecule has 0 aromatic rings. The molecule has 1 saturated heterocycles. The van der Waals surface area contributed by atoms with E-state index >= 15 is 0 Å². The van der Waals surface area contributed by atoms with Crippen LogP contribution in [0.3, 0.4) is 0 Å². The van der Waals surface area contributed by atoms with Gasteiger partial charge in [0.1, 0.15) is 0 Å². The van der Waals surface area contributed by atoms with Crippen LogP contribution in [0.25, 0.3) is 0 Å². The fraction of sp³-hybridized carbons (Fsp3) is 1.00. The predicted molar refractivity (Wildman–Crippen MR) is 74.2 cm³/mol. The maximum absolute atomic E-state index is 3.64. The van der Waals surface area contributed by atoms with E-state index in [1.54, 1.807) is 0 Å². The topological polar surface area (TPSA) is 15.3 Å². The summed E-state index contributed by atoms with van der Waals surface area (Å²) in [6, 6.07) is 1.58. The lowest BCUT2D eigenvalue weighted by atomic mass is 9.86. The summed E-state index contributed by atoms with van der Waals surface area (Å²) in [5.41, 5.74) is 0. The molecule has 1 aliphatic carbocycles. The number of hydrogen-bond acceptors (Lipinski definition) is 2. The molecule has 2 nitrogen and oxygen atoms in total. The minimum absolute atomic E-state index is 0.697. The van der Waals surface area contributed by atoms with E-state index < -0.39 is 0 Å². The first-order valence-electron chi connectivity index (χ1n) is 7.62. The summed E-state index contributed by atoms with van der Waals surface area (Å²) in [4.78, 5) is 2.80. The maximum Gasteiger partial charge on any atom is 0.00955 e. The van der Waals surface area contributed by atoms with Crippen molar-refractivity contribution in [3.63, 3.8) is 0 Å². The summed E-state index contributed by atoms with van der Waals surface area (Å²) >= 11 is 0. The molecule has 2 fully saturated rings. The van der Waals surface area contributed by atoms with Gasteiger partial charge in [0.15, 0.2) is 0 Å². The molecule has 1 heterocycles. The highest BCUT2D eigenvalue weighted by molar-refractivity contribution is 4.82. The smallest absolute Gasteiger partial charge is 0.00955 e. The Morgan fingerprint density at radius 1 is 0.882 bits per heavy atom. The molecule has 2 atom stereocenters. The highest BCUT2D eigenvalue weighted by Crippen LogP contribution is 2.28. The van der Waals surface area contributed by atoms with E-state index in [9.17, 15) is 0 Å². The van der Waals surface area contributed by atoms with E-state index in [1.807, 2.05) is 0 Å². The van der Waals surface area contributed by atoms with Crippen LogP contribution in [0, 0.1) is 11.8 Å². The van der Waals surface area contributed by atoms with Gasteiger partial charge >= 0.3 is 0 Å². The molecule has 2 unspecified atom stereocenters. The summed E-state index contributed by atoms with van der Waals surface area (Å²) in [6.07, 6.45) is 7.09. The Morgan fingerprint density at radius 3 is 2.29 bits per heavy atom. The Bertz CT molecular complexity index is 221. The molecular weight excluding hydrogens is 208 g/mol. The van der Waals surface area contributed by atoms with Crippen LogP contribution in [0.1, 0.15) is 52.9 Å². The van der Waals surface area contributed by atoms with Crippen molar-refractivity contribution in [2.75, 3.05) is 19.6 Å². The van der Waals surface area contributed by atoms with Gasteiger partial charge in [0.05, 0.1) is 0 Å². The molecule has 100 valence electrons. The fourth-order valence-corrected chi connectivity index (χ4v) is 3.36. The van der Waals surface area contributed by atoms with E-state index in [-0.39, 0.29) is 0 Å². The van der Waals surface area contributed by atoms with Gasteiger partial charge < -0.3 is 10.2 Å². The summed E-state index contributed by atoms with van der Waals surface area (Å²) in [7, 11) is 0. The number of hydrogen-bond donors (Lipinski definition) is 1. The van der Waals surface area contributed by atoms with Gasteiger partial charge in [-0.3, -0.25) is 0 Å². The Morgan fingerprint density at radius 2 is 1.59 bits per heavy atom. The van der Waals surface area contributed by atoms with Gasteiger partial charge in [-0.2, -0.15) is 0 Å². The van der Waals surface area contributed by atoms with Crippen LogP contribution in [0.4, 0.5) is 0 Å². The van der Waals surface area contributed by atoms with Crippen molar-refractivity contribution in [2.45, 2.75) is 65.0 Å². The molecule has 1 saturated carbocycles. The molecule has 2 aliphatic rings. The molecule has 1 N–H and O–H groups in total. The molecule has 0 spiro atoms. The zero-order chi connectivity index (χ0) is 12.3. The van der Waals surface area contributed by atoms with Gasteiger partial charge in [-0.25, -0.2) is 0 Å². The SMILES string of the molecule is CC1CCC(N2CCC(C)NCC(C)C2)CC1. The van der Waals surface area contributed by atoms with Crippen LogP contribution in [0.15, 0.2) is 0 Å². The Labute approximate surface area is 107 Å². The number of rotatable bonds is 1. The largest absolute Gasteiger partial charge is 0.314 e. The van der Waals surface area contributed by atoms with Crippen molar-refractivity contribution in [1.82, 2.24) is 10.2 Å². The number of nitrogens with zero attached hydrogens (tertiary/aromatic N) is 1. The van der Waals surface area contributed by atoms with Gasteiger partial charge in [0.25, 0.3) is 0 Å². The summed E-state index contributed by atoms with van der Waals surface area (Å²) in [5.74, 6) is 1.77.